The van der Waals surface area contributed by atoms with Crippen LogP contribution in [0.5, 0.6) is 0 Å². The van der Waals surface area contributed by atoms with Crippen molar-refractivity contribution in [2.75, 3.05) is 5.32 Å². The third-order valence-electron chi connectivity index (χ3n) is 3.29. The van der Waals surface area contributed by atoms with E-state index in [2.05, 4.69) is 15.3 Å². The number of thioether (sulfide) groups is 1. The van der Waals surface area contributed by atoms with Crippen LogP contribution in [0.4, 0.5) is 5.69 Å². The first kappa shape index (κ1) is 15.7. The number of halogens is 1. The molecule has 1 amide bonds. The van der Waals surface area contributed by atoms with Gasteiger partial charge in [-0.15, -0.1) is 11.8 Å². The highest BCUT2D eigenvalue weighted by Crippen LogP contribution is 2.30. The van der Waals surface area contributed by atoms with Crippen molar-refractivity contribution in [3.63, 3.8) is 0 Å². The van der Waals surface area contributed by atoms with Crippen molar-refractivity contribution >= 4 is 46.0 Å². The van der Waals surface area contributed by atoms with E-state index in [0.29, 0.717) is 21.7 Å². The number of amides is 1. The van der Waals surface area contributed by atoms with Gasteiger partial charge in [-0.25, -0.2) is 4.79 Å². The highest BCUT2D eigenvalue weighted by atomic mass is 35.5. The van der Waals surface area contributed by atoms with Crippen molar-refractivity contribution < 1.29 is 4.79 Å². The Bertz CT molecular complexity index is 919. The van der Waals surface area contributed by atoms with Gasteiger partial charge in [-0.3, -0.25) is 4.79 Å². The molecule has 0 saturated carbocycles. The second-order valence-electron chi connectivity index (χ2n) is 5.02. The summed E-state index contributed by atoms with van der Waals surface area (Å²) in [6, 6.07) is 12.6. The molecule has 2 aromatic carbocycles. The van der Waals surface area contributed by atoms with E-state index in [-0.39, 0.29) is 16.8 Å². The van der Waals surface area contributed by atoms with Crippen LogP contribution in [0.3, 0.4) is 0 Å². The summed E-state index contributed by atoms with van der Waals surface area (Å²) in [5, 5.41) is 3.16. The van der Waals surface area contributed by atoms with E-state index in [9.17, 15) is 9.59 Å². The van der Waals surface area contributed by atoms with Crippen molar-refractivity contribution in [1.82, 2.24) is 9.97 Å². The molecule has 118 valence electrons. The first-order chi connectivity index (χ1) is 11.0. The number of rotatable bonds is 4. The second-order valence-corrected chi connectivity index (χ2v) is 6.81. The number of fused-ring (bicyclic) bond motifs is 1. The Morgan fingerprint density at radius 1 is 1.17 bits per heavy atom. The van der Waals surface area contributed by atoms with Crippen LogP contribution in [-0.4, -0.2) is 21.1 Å². The molecule has 5 nitrogen and oxygen atoms in total. The zero-order valence-electron chi connectivity index (χ0n) is 12.2. The minimum Gasteiger partial charge on any atom is -0.325 e. The number of benzene rings is 2. The summed E-state index contributed by atoms with van der Waals surface area (Å²) in [5.74, 6) is -0.132. The number of imidazole rings is 1. The summed E-state index contributed by atoms with van der Waals surface area (Å²) in [7, 11) is 0. The van der Waals surface area contributed by atoms with Crippen molar-refractivity contribution in [2.45, 2.75) is 17.1 Å². The van der Waals surface area contributed by atoms with Crippen LogP contribution in [-0.2, 0) is 4.79 Å². The molecule has 0 fully saturated rings. The molecule has 0 aliphatic heterocycles. The van der Waals surface area contributed by atoms with Crippen LogP contribution in [0.25, 0.3) is 11.0 Å². The Kier molecular flexibility index (Phi) is 4.45. The van der Waals surface area contributed by atoms with E-state index in [0.717, 1.165) is 4.90 Å². The number of carbonyl (C=O) groups excluding carboxylic acids is 1. The summed E-state index contributed by atoms with van der Waals surface area (Å²) in [4.78, 5) is 29.8. The normalized spacial score (nSPS) is 12.3. The van der Waals surface area contributed by atoms with Gasteiger partial charge in [0.2, 0.25) is 5.91 Å². The van der Waals surface area contributed by atoms with Gasteiger partial charge in [0.05, 0.1) is 21.3 Å². The SMILES string of the molecule is C[C@@H](Sc1ccccc1Cl)C(=O)Nc1ccc2[nH]c(=O)[nH]c2c1. The van der Waals surface area contributed by atoms with Crippen LogP contribution in [0.1, 0.15) is 6.92 Å². The third-order valence-corrected chi connectivity index (χ3v) is 4.91. The van der Waals surface area contributed by atoms with E-state index in [1.165, 1.54) is 11.8 Å². The molecule has 3 rings (SSSR count). The Labute approximate surface area is 141 Å². The zero-order chi connectivity index (χ0) is 16.4. The van der Waals surface area contributed by atoms with Gasteiger partial charge in [-0.1, -0.05) is 23.7 Å². The average Bonchev–Trinajstić information content (AvgIpc) is 2.88. The topological polar surface area (TPSA) is 77.8 Å². The van der Waals surface area contributed by atoms with E-state index in [4.69, 9.17) is 11.6 Å². The van der Waals surface area contributed by atoms with Crippen LogP contribution in [0.2, 0.25) is 5.02 Å². The molecule has 0 radical (unpaired) electrons. The molecule has 0 aliphatic rings. The van der Waals surface area contributed by atoms with Crippen molar-refractivity contribution in [1.29, 1.82) is 0 Å². The van der Waals surface area contributed by atoms with Crippen LogP contribution >= 0.6 is 23.4 Å². The monoisotopic (exact) mass is 347 g/mol. The summed E-state index contributed by atoms with van der Waals surface area (Å²) in [5.41, 5.74) is 1.71. The molecule has 0 saturated heterocycles. The molecule has 0 unspecified atom stereocenters. The number of anilines is 1. The summed E-state index contributed by atoms with van der Waals surface area (Å²) in [6.45, 7) is 1.82. The molecular formula is C16H14ClN3O2S. The lowest BCUT2D eigenvalue weighted by Gasteiger charge is -2.13. The first-order valence-corrected chi connectivity index (χ1v) is 8.23. The number of carbonyl (C=O) groups is 1. The van der Waals surface area contributed by atoms with Crippen molar-refractivity contribution in [3.8, 4) is 0 Å². The number of hydrogen-bond acceptors (Lipinski definition) is 3. The van der Waals surface area contributed by atoms with Gasteiger partial charge in [0.1, 0.15) is 0 Å². The number of aromatic amines is 2. The maximum Gasteiger partial charge on any atom is 0.323 e. The number of aromatic nitrogens is 2. The largest absolute Gasteiger partial charge is 0.325 e. The Balaban J connectivity index is 1.72. The Morgan fingerprint density at radius 2 is 1.91 bits per heavy atom. The molecule has 1 aromatic heterocycles. The lowest BCUT2D eigenvalue weighted by molar-refractivity contribution is -0.115. The lowest BCUT2D eigenvalue weighted by atomic mass is 10.2. The minimum absolute atomic E-state index is 0.132. The van der Waals surface area contributed by atoms with E-state index < -0.39 is 0 Å². The van der Waals surface area contributed by atoms with Gasteiger partial charge in [-0.05, 0) is 37.3 Å². The van der Waals surface area contributed by atoms with Gasteiger partial charge in [-0.2, -0.15) is 0 Å². The maximum atomic E-state index is 12.3. The van der Waals surface area contributed by atoms with Gasteiger partial charge >= 0.3 is 5.69 Å². The molecule has 3 N–H and O–H groups in total. The van der Waals surface area contributed by atoms with Gasteiger partial charge in [0.15, 0.2) is 0 Å². The standard InChI is InChI=1S/C16H14ClN3O2S/c1-9(23-14-5-3-2-4-11(14)17)15(21)18-10-6-7-12-13(8-10)20-16(22)19-12/h2-9H,1H3,(H,18,21)(H2,19,20,22)/t9-/m1/s1. The van der Waals surface area contributed by atoms with E-state index in [1.807, 2.05) is 25.1 Å². The van der Waals surface area contributed by atoms with Gasteiger partial charge in [0.25, 0.3) is 0 Å². The summed E-state index contributed by atoms with van der Waals surface area (Å²) in [6.07, 6.45) is 0. The number of hydrogen-bond donors (Lipinski definition) is 3. The molecule has 23 heavy (non-hydrogen) atoms. The first-order valence-electron chi connectivity index (χ1n) is 6.97. The Morgan fingerprint density at radius 3 is 2.70 bits per heavy atom. The predicted molar refractivity (Wildman–Crippen MR) is 94.3 cm³/mol. The fraction of sp³-hybridized carbons (Fsp3) is 0.125. The minimum atomic E-state index is -0.309. The van der Waals surface area contributed by atoms with Crippen molar-refractivity contribution in [2.24, 2.45) is 0 Å². The highest BCUT2D eigenvalue weighted by molar-refractivity contribution is 8.00. The number of H-pyrrole nitrogens is 2. The molecular weight excluding hydrogens is 334 g/mol. The summed E-state index contributed by atoms with van der Waals surface area (Å²) >= 11 is 7.51. The maximum absolute atomic E-state index is 12.3. The summed E-state index contributed by atoms with van der Waals surface area (Å²) < 4.78 is 0. The fourth-order valence-electron chi connectivity index (χ4n) is 2.14. The quantitative estimate of drug-likeness (QED) is 0.631. The van der Waals surface area contributed by atoms with Crippen LogP contribution < -0.4 is 11.0 Å². The fourth-order valence-corrected chi connectivity index (χ4v) is 3.29. The van der Waals surface area contributed by atoms with E-state index >= 15 is 0 Å². The van der Waals surface area contributed by atoms with Crippen molar-refractivity contribution in [3.05, 3.63) is 58.0 Å². The van der Waals surface area contributed by atoms with E-state index in [1.54, 1.807) is 24.3 Å². The molecule has 0 aliphatic carbocycles. The molecule has 7 heteroatoms. The average molecular weight is 348 g/mol. The molecule has 1 heterocycles. The number of nitrogens with one attached hydrogen (secondary N) is 3. The smallest absolute Gasteiger partial charge is 0.323 e. The van der Waals surface area contributed by atoms with Gasteiger partial charge in [0, 0.05) is 10.6 Å². The Hall–Kier alpha value is -2.18. The molecule has 3 aromatic rings. The second kappa shape index (κ2) is 6.52. The third kappa shape index (κ3) is 3.60. The van der Waals surface area contributed by atoms with Crippen LogP contribution in [0.15, 0.2) is 52.2 Å². The predicted octanol–water partition coefficient (Wildman–Crippen LogP) is 3.63. The zero-order valence-corrected chi connectivity index (χ0v) is 13.8. The lowest BCUT2D eigenvalue weighted by Crippen LogP contribution is -2.22. The molecule has 1 atom stereocenters. The molecule has 0 spiro atoms. The molecule has 0 bridgehead atoms. The van der Waals surface area contributed by atoms with Gasteiger partial charge < -0.3 is 15.3 Å². The highest BCUT2D eigenvalue weighted by Gasteiger charge is 2.16. The van der Waals surface area contributed by atoms with Crippen LogP contribution in [0, 0.1) is 0 Å².